The van der Waals surface area contributed by atoms with Crippen LogP contribution < -0.4 is 11.0 Å². The van der Waals surface area contributed by atoms with E-state index in [9.17, 15) is 14.4 Å². The van der Waals surface area contributed by atoms with Gasteiger partial charge in [0.2, 0.25) is 5.91 Å². The van der Waals surface area contributed by atoms with Gasteiger partial charge in [-0.25, -0.2) is 14.7 Å². The molecule has 0 unspecified atom stereocenters. The van der Waals surface area contributed by atoms with Crippen LogP contribution in [0.4, 0.5) is 5.69 Å². The quantitative estimate of drug-likeness (QED) is 0.599. The number of carbonyl (C=O) groups excluding carboxylic acids is 2. The predicted octanol–water partition coefficient (Wildman–Crippen LogP) is 1.38. The van der Waals surface area contributed by atoms with Gasteiger partial charge in [-0.2, -0.15) is 10.1 Å². The van der Waals surface area contributed by atoms with E-state index in [2.05, 4.69) is 20.5 Å². The third-order valence-electron chi connectivity index (χ3n) is 2.83. The maximum atomic E-state index is 12.0. The smallest absolute Gasteiger partial charge is 0.362 e. The van der Waals surface area contributed by atoms with Crippen LogP contribution in [-0.4, -0.2) is 39.4 Å². The first-order valence-electron chi connectivity index (χ1n) is 7.12. The number of esters is 1. The van der Waals surface area contributed by atoms with E-state index in [1.54, 1.807) is 38.1 Å². The molecule has 0 saturated carbocycles. The summed E-state index contributed by atoms with van der Waals surface area (Å²) in [4.78, 5) is 38.6. The fourth-order valence-corrected chi connectivity index (χ4v) is 2.53. The number of aromatic nitrogens is 3. The molecule has 1 heterocycles. The summed E-state index contributed by atoms with van der Waals surface area (Å²) >= 11 is 1.11. The summed E-state index contributed by atoms with van der Waals surface area (Å²) in [6, 6.07) is 6.47. The van der Waals surface area contributed by atoms with Crippen molar-refractivity contribution in [3.63, 3.8) is 0 Å². The number of ether oxygens (including phenoxy) is 1. The fourth-order valence-electron chi connectivity index (χ4n) is 1.78. The summed E-state index contributed by atoms with van der Waals surface area (Å²) < 4.78 is 4.91. The average Bonchev–Trinajstić information content (AvgIpc) is 2.56. The zero-order valence-electron chi connectivity index (χ0n) is 13.2. The number of carbonyl (C=O) groups is 2. The molecule has 9 heteroatoms. The largest absolute Gasteiger partial charge is 0.462 e. The topological polar surface area (TPSA) is 114 Å². The van der Waals surface area contributed by atoms with Crippen LogP contribution in [0.25, 0.3) is 0 Å². The van der Waals surface area contributed by atoms with E-state index in [1.165, 1.54) is 0 Å². The predicted molar refractivity (Wildman–Crippen MR) is 89.1 cm³/mol. The Labute approximate surface area is 142 Å². The summed E-state index contributed by atoms with van der Waals surface area (Å²) in [5.41, 5.74) is 0.820. The SMILES string of the molecule is CCOC(=O)c1cccc(NC(=O)CSc2nc(=O)[nH]nc2C)c1. The Bertz CT molecular complexity index is 806. The number of amides is 1. The second kappa shape index (κ2) is 8.25. The summed E-state index contributed by atoms with van der Waals surface area (Å²) in [6.45, 7) is 3.69. The Morgan fingerprint density at radius 3 is 2.92 bits per heavy atom. The van der Waals surface area contributed by atoms with Crippen LogP contribution in [-0.2, 0) is 9.53 Å². The minimum absolute atomic E-state index is 0.0581. The second-order valence-electron chi connectivity index (χ2n) is 4.67. The molecule has 1 aromatic heterocycles. The number of thioether (sulfide) groups is 1. The van der Waals surface area contributed by atoms with Gasteiger partial charge in [0.05, 0.1) is 23.6 Å². The molecule has 1 aromatic carbocycles. The zero-order chi connectivity index (χ0) is 17.5. The lowest BCUT2D eigenvalue weighted by atomic mass is 10.2. The number of benzene rings is 1. The number of anilines is 1. The van der Waals surface area contributed by atoms with Crippen LogP contribution in [0.5, 0.6) is 0 Å². The molecule has 0 atom stereocenters. The van der Waals surface area contributed by atoms with Crippen molar-refractivity contribution in [2.75, 3.05) is 17.7 Å². The summed E-state index contributed by atoms with van der Waals surface area (Å²) in [7, 11) is 0. The van der Waals surface area contributed by atoms with Crippen molar-refractivity contribution in [1.82, 2.24) is 15.2 Å². The van der Waals surface area contributed by atoms with E-state index in [1.807, 2.05) is 0 Å². The second-order valence-corrected chi connectivity index (χ2v) is 5.63. The fraction of sp³-hybridized carbons (Fsp3) is 0.267. The van der Waals surface area contributed by atoms with Gasteiger partial charge in [0.15, 0.2) is 0 Å². The zero-order valence-corrected chi connectivity index (χ0v) is 14.0. The van der Waals surface area contributed by atoms with Gasteiger partial charge in [-0.05, 0) is 32.0 Å². The molecule has 2 aromatic rings. The molecule has 2 rings (SSSR count). The number of hydrogen-bond donors (Lipinski definition) is 2. The Hall–Kier alpha value is -2.68. The van der Waals surface area contributed by atoms with Crippen LogP contribution in [0.3, 0.4) is 0 Å². The molecule has 2 N–H and O–H groups in total. The van der Waals surface area contributed by atoms with Crippen molar-refractivity contribution >= 4 is 29.3 Å². The normalized spacial score (nSPS) is 10.2. The number of rotatable bonds is 6. The van der Waals surface area contributed by atoms with Crippen molar-refractivity contribution in [2.45, 2.75) is 18.9 Å². The van der Waals surface area contributed by atoms with Crippen LogP contribution in [0.2, 0.25) is 0 Å². The van der Waals surface area contributed by atoms with Gasteiger partial charge in [-0.1, -0.05) is 17.8 Å². The minimum atomic E-state index is -0.564. The molecule has 1 amide bonds. The molecule has 24 heavy (non-hydrogen) atoms. The number of nitrogens with one attached hydrogen (secondary N) is 2. The van der Waals surface area contributed by atoms with Crippen molar-refractivity contribution in [3.8, 4) is 0 Å². The molecule has 0 spiro atoms. The van der Waals surface area contributed by atoms with E-state index in [4.69, 9.17) is 4.74 Å². The molecule has 0 bridgehead atoms. The van der Waals surface area contributed by atoms with E-state index < -0.39 is 11.7 Å². The van der Waals surface area contributed by atoms with Gasteiger partial charge in [0, 0.05) is 5.69 Å². The summed E-state index contributed by atoms with van der Waals surface area (Å²) in [6.07, 6.45) is 0. The number of H-pyrrole nitrogens is 1. The maximum absolute atomic E-state index is 12.0. The van der Waals surface area contributed by atoms with E-state index in [0.29, 0.717) is 22.0 Å². The highest BCUT2D eigenvalue weighted by Gasteiger charge is 2.10. The van der Waals surface area contributed by atoms with Crippen LogP contribution in [0.15, 0.2) is 34.1 Å². The molecule has 0 saturated heterocycles. The minimum Gasteiger partial charge on any atom is -0.462 e. The molecular weight excluding hydrogens is 332 g/mol. The Morgan fingerprint density at radius 2 is 2.17 bits per heavy atom. The van der Waals surface area contributed by atoms with Gasteiger partial charge in [0.1, 0.15) is 5.03 Å². The van der Waals surface area contributed by atoms with Crippen LogP contribution in [0, 0.1) is 6.92 Å². The van der Waals surface area contributed by atoms with E-state index in [0.717, 1.165) is 11.8 Å². The number of hydrogen-bond acceptors (Lipinski definition) is 7. The first-order chi connectivity index (χ1) is 11.5. The number of nitrogens with zero attached hydrogens (tertiary/aromatic N) is 2. The average molecular weight is 348 g/mol. The Morgan fingerprint density at radius 1 is 1.38 bits per heavy atom. The molecular formula is C15H16N4O4S. The van der Waals surface area contributed by atoms with Crippen molar-refractivity contribution in [2.24, 2.45) is 0 Å². The molecule has 0 aliphatic carbocycles. The van der Waals surface area contributed by atoms with Gasteiger partial charge in [-0.3, -0.25) is 4.79 Å². The van der Waals surface area contributed by atoms with E-state index in [-0.39, 0.29) is 18.3 Å². The maximum Gasteiger partial charge on any atom is 0.362 e. The lowest BCUT2D eigenvalue weighted by Gasteiger charge is -2.07. The van der Waals surface area contributed by atoms with Crippen LogP contribution in [0.1, 0.15) is 23.0 Å². The standard InChI is InChI=1S/C15H16N4O4S/c1-3-23-14(21)10-5-4-6-11(7-10)16-12(20)8-24-13-9(2)18-19-15(22)17-13/h4-7H,3,8H2,1-2H3,(H,16,20)(H,17,19,22). The Kier molecular flexibility index (Phi) is 6.07. The van der Waals surface area contributed by atoms with Crippen molar-refractivity contribution in [3.05, 3.63) is 46.0 Å². The van der Waals surface area contributed by atoms with Gasteiger partial charge in [0.25, 0.3) is 0 Å². The summed E-state index contributed by atoms with van der Waals surface area (Å²) in [5.74, 6) is -0.678. The van der Waals surface area contributed by atoms with Crippen molar-refractivity contribution in [1.29, 1.82) is 0 Å². The molecule has 0 aliphatic rings. The molecule has 126 valence electrons. The highest BCUT2D eigenvalue weighted by atomic mass is 32.2. The first-order valence-corrected chi connectivity index (χ1v) is 8.11. The van der Waals surface area contributed by atoms with Crippen LogP contribution >= 0.6 is 11.8 Å². The molecule has 0 fully saturated rings. The Balaban J connectivity index is 1.97. The first kappa shape index (κ1) is 17.7. The van der Waals surface area contributed by atoms with Crippen molar-refractivity contribution < 1.29 is 14.3 Å². The van der Waals surface area contributed by atoms with Gasteiger partial charge in [-0.15, -0.1) is 0 Å². The summed E-state index contributed by atoms with van der Waals surface area (Å²) in [5, 5.41) is 9.08. The third kappa shape index (κ3) is 4.92. The van der Waals surface area contributed by atoms with E-state index >= 15 is 0 Å². The molecule has 0 aliphatic heterocycles. The van der Waals surface area contributed by atoms with Gasteiger partial charge < -0.3 is 10.1 Å². The number of aryl methyl sites for hydroxylation is 1. The lowest BCUT2D eigenvalue weighted by Crippen LogP contribution is -2.17. The monoisotopic (exact) mass is 348 g/mol. The highest BCUT2D eigenvalue weighted by Crippen LogP contribution is 2.17. The molecule has 8 nitrogen and oxygen atoms in total. The number of aromatic amines is 1. The third-order valence-corrected chi connectivity index (χ3v) is 3.90. The molecule has 0 radical (unpaired) electrons. The van der Waals surface area contributed by atoms with Gasteiger partial charge >= 0.3 is 11.7 Å². The lowest BCUT2D eigenvalue weighted by molar-refractivity contribution is -0.113. The highest BCUT2D eigenvalue weighted by molar-refractivity contribution is 8.00.